The van der Waals surface area contributed by atoms with Crippen molar-refractivity contribution in [2.24, 2.45) is 0 Å². The molecule has 0 saturated carbocycles. The lowest BCUT2D eigenvalue weighted by Crippen LogP contribution is -2.30. The van der Waals surface area contributed by atoms with E-state index in [9.17, 15) is 18.0 Å². The number of carbonyl (C=O) groups excluding carboxylic acids is 2. The van der Waals surface area contributed by atoms with Crippen molar-refractivity contribution in [1.82, 2.24) is 4.31 Å². The molecule has 2 aromatic carbocycles. The predicted octanol–water partition coefficient (Wildman–Crippen LogP) is 3.94. The molecule has 0 spiro atoms. The molecule has 0 bridgehead atoms. The third-order valence-electron chi connectivity index (χ3n) is 4.83. The molecule has 1 amide bonds. The average molecular weight is 497 g/mol. The molecule has 10 heteroatoms. The molecule has 0 aromatic heterocycles. The average Bonchev–Trinajstić information content (AvgIpc) is 2.76. The predicted molar refractivity (Wildman–Crippen MR) is 127 cm³/mol. The monoisotopic (exact) mass is 496 g/mol. The number of anilines is 1. The standard InChI is InChI=1S/C23H29ClN2O6S/c1-5-26(6-2)33(29,30)18-9-10-19(24)20(14-18)25-22(27)15-32-23(28)11-12-31-21-13-16(3)7-8-17(21)4/h7-10,13-14H,5-6,11-12,15H2,1-4H3,(H,25,27). The zero-order chi connectivity index (χ0) is 24.6. The summed E-state index contributed by atoms with van der Waals surface area (Å²) in [4.78, 5) is 24.2. The van der Waals surface area contributed by atoms with Crippen LogP contribution in [-0.4, -0.2) is 50.9 Å². The summed E-state index contributed by atoms with van der Waals surface area (Å²) in [6, 6.07) is 9.84. The Kier molecular flexibility index (Phi) is 9.70. The van der Waals surface area contributed by atoms with Crippen LogP contribution in [0.25, 0.3) is 0 Å². The summed E-state index contributed by atoms with van der Waals surface area (Å²) in [5.41, 5.74) is 2.11. The molecule has 2 rings (SSSR count). The van der Waals surface area contributed by atoms with Crippen molar-refractivity contribution >= 4 is 39.2 Å². The van der Waals surface area contributed by atoms with E-state index in [-0.39, 0.29) is 28.6 Å². The van der Waals surface area contributed by atoms with E-state index in [1.54, 1.807) is 13.8 Å². The molecule has 0 aliphatic heterocycles. The van der Waals surface area contributed by atoms with Gasteiger partial charge in [-0.3, -0.25) is 9.59 Å². The van der Waals surface area contributed by atoms with Gasteiger partial charge in [0, 0.05) is 13.1 Å². The molecule has 0 radical (unpaired) electrons. The minimum Gasteiger partial charge on any atom is -0.493 e. The fourth-order valence-corrected chi connectivity index (χ4v) is 4.63. The van der Waals surface area contributed by atoms with Gasteiger partial charge in [0.1, 0.15) is 5.75 Å². The van der Waals surface area contributed by atoms with E-state index < -0.39 is 28.5 Å². The third-order valence-corrected chi connectivity index (χ3v) is 7.20. The summed E-state index contributed by atoms with van der Waals surface area (Å²) in [5.74, 6) is -0.549. The highest BCUT2D eigenvalue weighted by molar-refractivity contribution is 7.89. The first kappa shape index (κ1) is 26.6. The van der Waals surface area contributed by atoms with Crippen molar-refractivity contribution in [3.05, 3.63) is 52.5 Å². The Morgan fingerprint density at radius 3 is 2.42 bits per heavy atom. The van der Waals surface area contributed by atoms with Crippen LogP contribution in [0.4, 0.5) is 5.69 Å². The first-order chi connectivity index (χ1) is 15.6. The van der Waals surface area contributed by atoms with E-state index in [1.165, 1.54) is 22.5 Å². The molecular weight excluding hydrogens is 468 g/mol. The van der Waals surface area contributed by atoms with Gasteiger partial charge in [0.05, 0.1) is 28.6 Å². The summed E-state index contributed by atoms with van der Waals surface area (Å²) >= 11 is 6.10. The Morgan fingerprint density at radius 2 is 1.76 bits per heavy atom. The number of esters is 1. The van der Waals surface area contributed by atoms with E-state index in [1.807, 2.05) is 32.0 Å². The van der Waals surface area contributed by atoms with Gasteiger partial charge in [-0.25, -0.2) is 8.42 Å². The number of hydrogen-bond donors (Lipinski definition) is 1. The Hall–Kier alpha value is -2.62. The number of nitrogens with one attached hydrogen (secondary N) is 1. The van der Waals surface area contributed by atoms with Crippen molar-refractivity contribution in [2.75, 3.05) is 31.6 Å². The van der Waals surface area contributed by atoms with Crippen LogP contribution >= 0.6 is 11.6 Å². The number of ether oxygens (including phenoxy) is 2. The minimum absolute atomic E-state index is 0.00601. The molecule has 0 aliphatic rings. The maximum Gasteiger partial charge on any atom is 0.309 e. The number of carbonyl (C=O) groups is 2. The van der Waals surface area contributed by atoms with Crippen LogP contribution in [-0.2, 0) is 24.3 Å². The van der Waals surface area contributed by atoms with Gasteiger partial charge in [-0.15, -0.1) is 0 Å². The van der Waals surface area contributed by atoms with Crippen molar-refractivity contribution in [2.45, 2.75) is 39.0 Å². The van der Waals surface area contributed by atoms with Crippen LogP contribution in [0.3, 0.4) is 0 Å². The van der Waals surface area contributed by atoms with Crippen LogP contribution in [0.15, 0.2) is 41.3 Å². The van der Waals surface area contributed by atoms with Gasteiger partial charge in [0.15, 0.2) is 6.61 Å². The summed E-state index contributed by atoms with van der Waals surface area (Å²) in [6.07, 6.45) is -0.0288. The van der Waals surface area contributed by atoms with Gasteiger partial charge in [-0.1, -0.05) is 37.6 Å². The molecule has 1 N–H and O–H groups in total. The van der Waals surface area contributed by atoms with Gasteiger partial charge in [-0.2, -0.15) is 4.31 Å². The lowest BCUT2D eigenvalue weighted by atomic mass is 10.1. The summed E-state index contributed by atoms with van der Waals surface area (Å²) in [6.45, 7) is 7.53. The van der Waals surface area contributed by atoms with E-state index in [2.05, 4.69) is 5.32 Å². The molecule has 0 unspecified atom stereocenters. The molecular formula is C23H29ClN2O6S. The SMILES string of the molecule is CCN(CC)S(=O)(=O)c1ccc(Cl)c(NC(=O)COC(=O)CCOc2cc(C)ccc2C)c1. The van der Waals surface area contributed by atoms with Crippen molar-refractivity contribution in [3.8, 4) is 5.75 Å². The highest BCUT2D eigenvalue weighted by Crippen LogP contribution is 2.27. The lowest BCUT2D eigenvalue weighted by molar-refractivity contribution is -0.147. The second kappa shape index (κ2) is 12.0. The smallest absolute Gasteiger partial charge is 0.309 e. The van der Waals surface area contributed by atoms with Gasteiger partial charge in [0.25, 0.3) is 5.91 Å². The van der Waals surface area contributed by atoms with Gasteiger partial charge < -0.3 is 14.8 Å². The lowest BCUT2D eigenvalue weighted by Gasteiger charge is -2.19. The minimum atomic E-state index is -3.72. The third kappa shape index (κ3) is 7.45. The Labute approximate surface area is 199 Å². The summed E-state index contributed by atoms with van der Waals surface area (Å²) in [7, 11) is -3.72. The molecule has 0 fully saturated rings. The van der Waals surface area contributed by atoms with Gasteiger partial charge in [0.2, 0.25) is 10.0 Å². The van der Waals surface area contributed by atoms with Gasteiger partial charge >= 0.3 is 5.97 Å². The van der Waals surface area contributed by atoms with Crippen LogP contribution in [0.2, 0.25) is 5.02 Å². The number of benzene rings is 2. The van der Waals surface area contributed by atoms with E-state index in [0.29, 0.717) is 18.8 Å². The first-order valence-corrected chi connectivity index (χ1v) is 12.4. The zero-order valence-electron chi connectivity index (χ0n) is 19.2. The normalized spacial score (nSPS) is 11.3. The van der Waals surface area contributed by atoms with Crippen molar-refractivity contribution in [3.63, 3.8) is 0 Å². The number of hydrogen-bond acceptors (Lipinski definition) is 6. The molecule has 8 nitrogen and oxygen atoms in total. The summed E-state index contributed by atoms with van der Waals surface area (Å²) in [5, 5.41) is 2.65. The maximum atomic E-state index is 12.7. The Balaban J connectivity index is 1.90. The molecule has 0 aliphatic carbocycles. The maximum absolute atomic E-state index is 12.7. The fourth-order valence-electron chi connectivity index (χ4n) is 2.98. The number of nitrogens with zero attached hydrogens (tertiary/aromatic N) is 1. The number of sulfonamides is 1. The second-order valence-electron chi connectivity index (χ2n) is 7.31. The van der Waals surface area contributed by atoms with E-state index >= 15 is 0 Å². The molecule has 0 atom stereocenters. The topological polar surface area (TPSA) is 102 Å². The second-order valence-corrected chi connectivity index (χ2v) is 9.65. The molecule has 180 valence electrons. The molecule has 2 aromatic rings. The van der Waals surface area contributed by atoms with Gasteiger partial charge in [-0.05, 0) is 49.2 Å². The van der Waals surface area contributed by atoms with E-state index in [0.717, 1.165) is 11.1 Å². The fraction of sp³-hybridized carbons (Fsp3) is 0.391. The van der Waals surface area contributed by atoms with Crippen molar-refractivity contribution in [1.29, 1.82) is 0 Å². The highest BCUT2D eigenvalue weighted by Gasteiger charge is 2.23. The van der Waals surface area contributed by atoms with Crippen LogP contribution < -0.4 is 10.1 Å². The van der Waals surface area contributed by atoms with Crippen LogP contribution in [0, 0.1) is 13.8 Å². The zero-order valence-corrected chi connectivity index (χ0v) is 20.8. The number of aryl methyl sites for hydroxylation is 2. The van der Waals surface area contributed by atoms with Crippen LogP contribution in [0.1, 0.15) is 31.4 Å². The number of halogens is 1. The summed E-state index contributed by atoms with van der Waals surface area (Å²) < 4.78 is 37.3. The largest absolute Gasteiger partial charge is 0.493 e. The van der Waals surface area contributed by atoms with Crippen molar-refractivity contribution < 1.29 is 27.5 Å². The molecule has 0 heterocycles. The number of rotatable bonds is 11. The number of amides is 1. The molecule has 33 heavy (non-hydrogen) atoms. The molecule has 0 saturated heterocycles. The highest BCUT2D eigenvalue weighted by atomic mass is 35.5. The Morgan fingerprint density at radius 1 is 1.06 bits per heavy atom. The first-order valence-electron chi connectivity index (χ1n) is 10.5. The van der Waals surface area contributed by atoms with E-state index in [4.69, 9.17) is 21.1 Å². The van der Waals surface area contributed by atoms with Crippen LogP contribution in [0.5, 0.6) is 5.75 Å². The Bertz CT molecular complexity index is 1100. The quantitative estimate of drug-likeness (QED) is 0.473.